The zero-order valence-electron chi connectivity index (χ0n) is 9.91. The number of benzene rings is 1. The quantitative estimate of drug-likeness (QED) is 0.660. The van der Waals surface area contributed by atoms with Crippen LogP contribution in [0, 0.1) is 5.82 Å². The van der Waals surface area contributed by atoms with Crippen molar-refractivity contribution in [2.75, 3.05) is 0 Å². The number of nitrogens with two attached hydrogens (primary N) is 1. The first kappa shape index (κ1) is 14.4. The summed E-state index contributed by atoms with van der Waals surface area (Å²) >= 11 is 9.28. The fourth-order valence-electron chi connectivity index (χ4n) is 1.78. The Bertz CT molecular complexity index is 562. The lowest BCUT2D eigenvalue weighted by atomic mass is 10.0. The lowest BCUT2D eigenvalue weighted by molar-refractivity contribution is 0.539. The van der Waals surface area contributed by atoms with Crippen molar-refractivity contribution in [3.63, 3.8) is 0 Å². The van der Waals surface area contributed by atoms with Crippen LogP contribution in [0.4, 0.5) is 4.39 Å². The molecule has 6 heteroatoms. The van der Waals surface area contributed by atoms with Crippen LogP contribution in [-0.2, 0) is 6.42 Å². The van der Waals surface area contributed by atoms with Gasteiger partial charge in [0.05, 0.1) is 11.1 Å². The van der Waals surface area contributed by atoms with Gasteiger partial charge in [0.2, 0.25) is 0 Å². The van der Waals surface area contributed by atoms with Crippen molar-refractivity contribution in [3.8, 4) is 0 Å². The minimum absolute atomic E-state index is 0.0857. The summed E-state index contributed by atoms with van der Waals surface area (Å²) in [5.74, 6) is 5.08. The molecule has 3 N–H and O–H groups in total. The molecule has 19 heavy (non-hydrogen) atoms. The smallest absolute Gasteiger partial charge is 0.142 e. The van der Waals surface area contributed by atoms with Gasteiger partial charge in [-0.25, -0.2) is 4.39 Å². The Morgan fingerprint density at radius 2 is 2.16 bits per heavy atom. The summed E-state index contributed by atoms with van der Waals surface area (Å²) in [5.41, 5.74) is 4.11. The van der Waals surface area contributed by atoms with Gasteiger partial charge in [0, 0.05) is 22.8 Å². The third-order valence-electron chi connectivity index (χ3n) is 2.76. The zero-order chi connectivity index (χ0) is 13.8. The van der Waals surface area contributed by atoms with Crippen molar-refractivity contribution in [2.45, 2.75) is 12.5 Å². The van der Waals surface area contributed by atoms with Gasteiger partial charge in [-0.2, -0.15) is 0 Å². The SMILES string of the molecule is NNC(Cc1ccc(Br)cn1)c1cccc(F)c1Cl. The zero-order valence-corrected chi connectivity index (χ0v) is 12.2. The average Bonchev–Trinajstić information content (AvgIpc) is 2.42. The predicted octanol–water partition coefficient (Wildman–Crippen LogP) is 3.38. The second-order valence-electron chi connectivity index (χ2n) is 4.03. The van der Waals surface area contributed by atoms with Gasteiger partial charge < -0.3 is 0 Å². The molecule has 0 aliphatic carbocycles. The van der Waals surface area contributed by atoms with E-state index in [-0.39, 0.29) is 11.1 Å². The van der Waals surface area contributed by atoms with Crippen molar-refractivity contribution in [1.82, 2.24) is 10.4 Å². The summed E-state index contributed by atoms with van der Waals surface area (Å²) in [5, 5.41) is 0.0857. The first-order valence-corrected chi connectivity index (χ1v) is 6.79. The van der Waals surface area contributed by atoms with Crippen LogP contribution < -0.4 is 11.3 Å². The molecule has 2 aromatic rings. The Balaban J connectivity index is 2.25. The number of pyridine rings is 1. The molecular formula is C13H12BrClFN3. The van der Waals surface area contributed by atoms with Gasteiger partial charge in [0.1, 0.15) is 5.82 Å². The first-order valence-electron chi connectivity index (χ1n) is 5.62. The molecule has 3 nitrogen and oxygen atoms in total. The molecule has 0 aliphatic heterocycles. The van der Waals surface area contributed by atoms with Gasteiger partial charge in [-0.1, -0.05) is 23.7 Å². The van der Waals surface area contributed by atoms with Crippen molar-refractivity contribution in [1.29, 1.82) is 0 Å². The van der Waals surface area contributed by atoms with E-state index in [4.69, 9.17) is 17.4 Å². The van der Waals surface area contributed by atoms with Crippen molar-refractivity contribution in [2.24, 2.45) is 5.84 Å². The lowest BCUT2D eigenvalue weighted by Crippen LogP contribution is -2.30. The summed E-state index contributed by atoms with van der Waals surface area (Å²) < 4.78 is 14.3. The fraction of sp³-hybridized carbons (Fsp3) is 0.154. The van der Waals surface area contributed by atoms with Crippen molar-refractivity contribution < 1.29 is 4.39 Å². The maximum atomic E-state index is 13.4. The van der Waals surface area contributed by atoms with Gasteiger partial charge in [-0.15, -0.1) is 0 Å². The van der Waals surface area contributed by atoms with E-state index in [1.807, 2.05) is 12.1 Å². The molecule has 0 aliphatic rings. The molecule has 1 aromatic carbocycles. The second-order valence-corrected chi connectivity index (χ2v) is 5.33. The molecule has 100 valence electrons. The van der Waals surface area contributed by atoms with Gasteiger partial charge in [-0.05, 0) is 39.7 Å². The highest BCUT2D eigenvalue weighted by Gasteiger charge is 2.16. The van der Waals surface area contributed by atoms with Crippen LogP contribution in [0.5, 0.6) is 0 Å². The number of nitrogens with zero attached hydrogens (tertiary/aromatic N) is 1. The average molecular weight is 345 g/mol. The molecular weight excluding hydrogens is 333 g/mol. The Kier molecular flexibility index (Phi) is 4.87. The van der Waals surface area contributed by atoms with Gasteiger partial charge in [0.25, 0.3) is 0 Å². The third-order valence-corrected chi connectivity index (χ3v) is 3.63. The topological polar surface area (TPSA) is 50.9 Å². The molecule has 1 heterocycles. The Hall–Kier alpha value is -1.01. The molecule has 0 radical (unpaired) electrons. The third kappa shape index (κ3) is 3.51. The van der Waals surface area contributed by atoms with Crippen LogP contribution in [0.1, 0.15) is 17.3 Å². The molecule has 0 saturated carbocycles. The summed E-state index contributed by atoms with van der Waals surface area (Å²) in [6.45, 7) is 0. The number of halogens is 3. The van der Waals surface area contributed by atoms with Crippen molar-refractivity contribution in [3.05, 3.63) is 63.1 Å². The molecule has 0 amide bonds. The normalized spacial score (nSPS) is 12.4. The van der Waals surface area contributed by atoms with Crippen LogP contribution in [0.25, 0.3) is 0 Å². The number of hydrogen-bond acceptors (Lipinski definition) is 3. The monoisotopic (exact) mass is 343 g/mol. The lowest BCUT2D eigenvalue weighted by Gasteiger charge is -2.17. The van der Waals surface area contributed by atoms with E-state index < -0.39 is 5.82 Å². The number of hydrogen-bond donors (Lipinski definition) is 2. The van der Waals surface area contributed by atoms with E-state index in [9.17, 15) is 4.39 Å². The molecule has 2 rings (SSSR count). The standard InChI is InChI=1S/C13H12BrClFN3/c14-8-4-5-9(18-7-8)6-12(19-17)10-2-1-3-11(16)13(10)15/h1-5,7,12,19H,6,17H2. The van der Waals surface area contributed by atoms with E-state index >= 15 is 0 Å². The van der Waals surface area contributed by atoms with Crippen LogP contribution in [0.2, 0.25) is 5.02 Å². The predicted molar refractivity (Wildman–Crippen MR) is 77.1 cm³/mol. The van der Waals surface area contributed by atoms with Crippen LogP contribution in [-0.4, -0.2) is 4.98 Å². The van der Waals surface area contributed by atoms with E-state index in [1.165, 1.54) is 6.07 Å². The van der Waals surface area contributed by atoms with Crippen LogP contribution >= 0.6 is 27.5 Å². The molecule has 0 fully saturated rings. The largest absolute Gasteiger partial charge is 0.271 e. The van der Waals surface area contributed by atoms with Crippen molar-refractivity contribution >= 4 is 27.5 Å². The number of rotatable bonds is 4. The Labute approximate surface area is 124 Å². The number of hydrazine groups is 1. The highest BCUT2D eigenvalue weighted by molar-refractivity contribution is 9.10. The minimum atomic E-state index is -0.455. The summed E-state index contributed by atoms with van der Waals surface area (Å²) in [7, 11) is 0. The van der Waals surface area contributed by atoms with Crippen LogP contribution in [0.15, 0.2) is 41.0 Å². The maximum absolute atomic E-state index is 13.4. The molecule has 0 saturated heterocycles. The van der Waals surface area contributed by atoms with E-state index in [0.29, 0.717) is 12.0 Å². The van der Waals surface area contributed by atoms with E-state index in [2.05, 4.69) is 26.3 Å². The van der Waals surface area contributed by atoms with Gasteiger partial charge in [0.15, 0.2) is 0 Å². The highest BCUT2D eigenvalue weighted by Crippen LogP contribution is 2.27. The second kappa shape index (κ2) is 6.43. The summed E-state index contributed by atoms with van der Waals surface area (Å²) in [6, 6.07) is 8.14. The van der Waals surface area contributed by atoms with E-state index in [0.717, 1.165) is 10.2 Å². The highest BCUT2D eigenvalue weighted by atomic mass is 79.9. The van der Waals surface area contributed by atoms with Gasteiger partial charge >= 0.3 is 0 Å². The molecule has 0 spiro atoms. The first-order chi connectivity index (χ1) is 9.11. The maximum Gasteiger partial charge on any atom is 0.142 e. The molecule has 1 aromatic heterocycles. The fourth-order valence-corrected chi connectivity index (χ4v) is 2.28. The van der Waals surface area contributed by atoms with E-state index in [1.54, 1.807) is 18.3 Å². The molecule has 1 atom stereocenters. The van der Waals surface area contributed by atoms with Crippen LogP contribution in [0.3, 0.4) is 0 Å². The summed E-state index contributed by atoms with van der Waals surface area (Å²) in [4.78, 5) is 4.26. The number of aromatic nitrogens is 1. The molecule has 1 unspecified atom stereocenters. The minimum Gasteiger partial charge on any atom is -0.271 e. The Morgan fingerprint density at radius 3 is 2.79 bits per heavy atom. The summed E-state index contributed by atoms with van der Waals surface area (Å²) in [6.07, 6.45) is 2.23. The van der Waals surface area contributed by atoms with Gasteiger partial charge in [-0.3, -0.25) is 16.3 Å². The molecule has 0 bridgehead atoms. The Morgan fingerprint density at radius 1 is 1.37 bits per heavy atom. The number of nitrogens with one attached hydrogen (secondary N) is 1.